The van der Waals surface area contributed by atoms with Crippen molar-refractivity contribution in [1.29, 1.82) is 0 Å². The van der Waals surface area contributed by atoms with Gasteiger partial charge in [0.2, 0.25) is 0 Å². The summed E-state index contributed by atoms with van der Waals surface area (Å²) in [5.74, 6) is -0.907. The molecule has 1 amide bonds. The normalized spacial score (nSPS) is 23.8. The van der Waals surface area contributed by atoms with Crippen LogP contribution in [0.5, 0.6) is 0 Å². The summed E-state index contributed by atoms with van der Waals surface area (Å²) < 4.78 is 11.3. The van der Waals surface area contributed by atoms with E-state index < -0.39 is 34.3 Å². The Morgan fingerprint density at radius 3 is 1.68 bits per heavy atom. The highest BCUT2D eigenvalue weighted by molar-refractivity contribution is 5.88. The lowest BCUT2D eigenvalue weighted by atomic mass is 9.72. The lowest BCUT2D eigenvalue weighted by Gasteiger charge is -2.55. The van der Waals surface area contributed by atoms with Crippen LogP contribution < -0.4 is 16.0 Å². The first-order valence-corrected chi connectivity index (χ1v) is 16.7. The van der Waals surface area contributed by atoms with Gasteiger partial charge < -0.3 is 30.5 Å². The summed E-state index contributed by atoms with van der Waals surface area (Å²) in [5.41, 5.74) is -0.596. The molecule has 4 N–H and O–H groups in total. The van der Waals surface area contributed by atoms with Gasteiger partial charge in [-0.15, -0.1) is 0 Å². The highest BCUT2D eigenvalue weighted by Gasteiger charge is 2.61. The minimum absolute atomic E-state index is 0.0107. The van der Waals surface area contributed by atoms with Gasteiger partial charge in [-0.25, -0.2) is 9.59 Å². The van der Waals surface area contributed by atoms with Gasteiger partial charge >= 0.3 is 18.0 Å². The lowest BCUT2D eigenvalue weighted by Crippen LogP contribution is -2.73. The van der Waals surface area contributed by atoms with Crippen LogP contribution in [-0.2, 0) is 32.2 Å². The van der Waals surface area contributed by atoms with Crippen LogP contribution in [-0.4, -0.2) is 76.5 Å². The molecule has 2 aromatic rings. The molecule has 2 aliphatic rings. The maximum atomic E-state index is 13.2. The van der Waals surface area contributed by atoms with Crippen molar-refractivity contribution in [2.45, 2.75) is 104 Å². The van der Waals surface area contributed by atoms with Gasteiger partial charge in [0.15, 0.2) is 0 Å². The third-order valence-electron chi connectivity index (χ3n) is 8.79. The Morgan fingerprint density at radius 2 is 1.30 bits per heavy atom. The summed E-state index contributed by atoms with van der Waals surface area (Å²) in [6.45, 7) is 19.0. The fraction of sp³-hybridized carbons (Fsp3) is 0.595. The van der Waals surface area contributed by atoms with Crippen LogP contribution in [0.2, 0.25) is 0 Å². The second-order valence-corrected chi connectivity index (χ2v) is 14.8. The van der Waals surface area contributed by atoms with Crippen molar-refractivity contribution in [3.05, 3.63) is 71.8 Å². The van der Waals surface area contributed by atoms with E-state index in [1.54, 1.807) is 4.90 Å². The van der Waals surface area contributed by atoms with Crippen LogP contribution in [0.1, 0.15) is 79.4 Å². The van der Waals surface area contributed by atoms with Crippen molar-refractivity contribution >= 4 is 18.0 Å². The summed E-state index contributed by atoms with van der Waals surface area (Å²) in [6, 6.07) is 20.2. The molecule has 2 fully saturated rings. The third kappa shape index (κ3) is 10.3. The van der Waals surface area contributed by atoms with Gasteiger partial charge in [-0.1, -0.05) is 74.5 Å². The van der Waals surface area contributed by atoms with E-state index in [4.69, 9.17) is 9.47 Å². The van der Waals surface area contributed by atoms with E-state index in [1.807, 2.05) is 91.8 Å². The van der Waals surface area contributed by atoms with Gasteiger partial charge in [0.1, 0.15) is 22.3 Å². The molecule has 260 valence electrons. The van der Waals surface area contributed by atoms with Crippen LogP contribution >= 0.6 is 0 Å². The number of nitrogens with one attached hydrogen (secondary N) is 3. The number of benzene rings is 2. The first-order chi connectivity index (χ1) is 22.0. The Labute approximate surface area is 281 Å². The van der Waals surface area contributed by atoms with E-state index >= 15 is 0 Å². The van der Waals surface area contributed by atoms with E-state index in [0.717, 1.165) is 13.1 Å². The summed E-state index contributed by atoms with van der Waals surface area (Å²) in [6.07, 6.45) is 0.621. The zero-order valence-electron chi connectivity index (χ0n) is 29.5. The molecule has 2 aromatic carbocycles. The van der Waals surface area contributed by atoms with E-state index in [1.165, 1.54) is 11.1 Å². The number of ether oxygens (including phenoxy) is 2. The molecular formula is C37H56N4O6. The number of esters is 1. The number of amides is 1. The maximum absolute atomic E-state index is 13.2. The van der Waals surface area contributed by atoms with Gasteiger partial charge in [-0.05, 0) is 84.5 Å². The monoisotopic (exact) mass is 652 g/mol. The summed E-state index contributed by atoms with van der Waals surface area (Å²) in [4.78, 5) is 38.9. The summed E-state index contributed by atoms with van der Waals surface area (Å²) >= 11 is 0. The number of hydrogen-bond donors (Lipinski definition) is 4. The first kappa shape index (κ1) is 38.0. The maximum Gasteiger partial charge on any atom is 0.411 e. The van der Waals surface area contributed by atoms with Crippen molar-refractivity contribution in [3.63, 3.8) is 0 Å². The van der Waals surface area contributed by atoms with Crippen molar-refractivity contribution in [1.82, 2.24) is 20.9 Å². The van der Waals surface area contributed by atoms with E-state index in [-0.39, 0.29) is 17.8 Å². The highest BCUT2D eigenvalue weighted by atomic mass is 16.6. The van der Waals surface area contributed by atoms with Gasteiger partial charge in [-0.3, -0.25) is 9.69 Å². The Bertz CT molecular complexity index is 1310. The standard InChI is InChI=1S/C23H36N2O4.C14H20N2O2/c1-17-16-25(20(27)29-22(5,6)7)23(17,19(26)28-21(2,3)4)13-14-24-15-18-11-9-8-10-12-18;1-11-9-16-14(11,13(17)18)7-8-15-10-12-5-3-2-4-6-12/h8-12,17,24H,13-16H2,1-7H3;2-6,11,15-16H,7-10H2,1H3,(H,17,18). The number of likely N-dealkylation sites (tertiary alicyclic amines) is 1. The quantitative estimate of drug-likeness (QED) is 0.177. The molecule has 10 nitrogen and oxygen atoms in total. The number of carbonyl (C=O) groups excluding carboxylic acids is 2. The van der Waals surface area contributed by atoms with E-state index in [9.17, 15) is 19.5 Å². The fourth-order valence-electron chi connectivity index (χ4n) is 5.96. The van der Waals surface area contributed by atoms with Crippen LogP contribution in [0.3, 0.4) is 0 Å². The zero-order chi connectivity index (χ0) is 34.9. The average Bonchev–Trinajstić information content (AvgIpc) is 2.98. The molecule has 4 rings (SSSR count). The molecule has 10 heteroatoms. The van der Waals surface area contributed by atoms with Crippen molar-refractivity contribution in [2.24, 2.45) is 11.8 Å². The Morgan fingerprint density at radius 1 is 0.809 bits per heavy atom. The van der Waals surface area contributed by atoms with Crippen LogP contribution in [0, 0.1) is 11.8 Å². The van der Waals surface area contributed by atoms with Gasteiger partial charge in [0.05, 0.1) is 0 Å². The van der Waals surface area contributed by atoms with Gasteiger partial charge in [-0.2, -0.15) is 0 Å². The summed E-state index contributed by atoms with van der Waals surface area (Å²) in [7, 11) is 0. The SMILES string of the molecule is CC1CN(C(=O)OC(C)(C)C)C1(CCNCc1ccccc1)C(=O)OC(C)(C)C.CC1CNC1(CCNCc1ccccc1)C(=O)O. The molecule has 0 saturated carbocycles. The molecular weight excluding hydrogens is 596 g/mol. The zero-order valence-corrected chi connectivity index (χ0v) is 29.5. The lowest BCUT2D eigenvalue weighted by molar-refractivity contribution is -0.187. The number of hydrogen-bond acceptors (Lipinski definition) is 8. The Hall–Kier alpha value is -3.47. The van der Waals surface area contributed by atoms with E-state index in [0.29, 0.717) is 39.0 Å². The first-order valence-electron chi connectivity index (χ1n) is 16.7. The molecule has 2 heterocycles. The van der Waals surface area contributed by atoms with Crippen LogP contribution in [0.25, 0.3) is 0 Å². The fourth-order valence-corrected chi connectivity index (χ4v) is 5.96. The second-order valence-electron chi connectivity index (χ2n) is 14.8. The Balaban J connectivity index is 0.000000284. The molecule has 0 spiro atoms. The number of carboxylic acids is 1. The van der Waals surface area contributed by atoms with Crippen molar-refractivity contribution in [3.8, 4) is 0 Å². The molecule has 0 aliphatic carbocycles. The predicted molar refractivity (Wildman–Crippen MR) is 184 cm³/mol. The molecule has 4 unspecified atom stereocenters. The van der Waals surface area contributed by atoms with Gasteiger partial charge in [0.25, 0.3) is 0 Å². The minimum Gasteiger partial charge on any atom is -0.480 e. The van der Waals surface area contributed by atoms with Crippen molar-refractivity contribution in [2.75, 3.05) is 26.2 Å². The number of nitrogens with zero attached hydrogens (tertiary/aromatic N) is 1. The third-order valence-corrected chi connectivity index (χ3v) is 8.79. The molecule has 0 bridgehead atoms. The molecule has 47 heavy (non-hydrogen) atoms. The number of carboxylic acid groups (broad SMARTS) is 1. The molecule has 2 saturated heterocycles. The minimum atomic E-state index is -1.01. The van der Waals surface area contributed by atoms with Crippen LogP contribution in [0.4, 0.5) is 4.79 Å². The molecule has 2 aliphatic heterocycles. The van der Waals surface area contributed by atoms with Crippen LogP contribution in [0.15, 0.2) is 60.7 Å². The predicted octanol–water partition coefficient (Wildman–Crippen LogP) is 5.36. The second kappa shape index (κ2) is 16.1. The average molecular weight is 653 g/mol. The summed E-state index contributed by atoms with van der Waals surface area (Å²) in [5, 5.41) is 19.0. The Kier molecular flexibility index (Phi) is 13.0. The number of aliphatic carboxylic acids is 1. The van der Waals surface area contributed by atoms with E-state index in [2.05, 4.69) is 40.2 Å². The number of rotatable bonds is 12. The topological polar surface area (TPSA) is 129 Å². The molecule has 0 radical (unpaired) electrons. The van der Waals surface area contributed by atoms with Gasteiger partial charge in [0, 0.05) is 32.1 Å². The smallest absolute Gasteiger partial charge is 0.411 e. The number of carbonyl (C=O) groups is 3. The largest absolute Gasteiger partial charge is 0.480 e. The molecule has 4 atom stereocenters. The van der Waals surface area contributed by atoms with Crippen molar-refractivity contribution < 1.29 is 29.0 Å². The molecule has 0 aromatic heterocycles. The highest BCUT2D eigenvalue weighted by Crippen LogP contribution is 2.42.